The number of halogens is 1. The van der Waals surface area contributed by atoms with E-state index in [0.29, 0.717) is 12.1 Å². The van der Waals surface area contributed by atoms with Gasteiger partial charge in [0.05, 0.1) is 24.0 Å². The molecule has 0 saturated heterocycles. The van der Waals surface area contributed by atoms with Crippen LogP contribution in [0.1, 0.15) is 42.0 Å². The van der Waals surface area contributed by atoms with Gasteiger partial charge in [-0.2, -0.15) is 0 Å². The quantitative estimate of drug-likeness (QED) is 0.719. The number of carbonyl (C=O) groups is 2. The van der Waals surface area contributed by atoms with Crippen LogP contribution in [0.25, 0.3) is 0 Å². The number of aromatic nitrogens is 3. The van der Waals surface area contributed by atoms with E-state index in [9.17, 15) is 14.0 Å². The number of anilines is 1. The first kappa shape index (κ1) is 18.4. The first-order valence-corrected chi connectivity index (χ1v) is 7.66. The number of carbonyl (C=O) groups excluding carboxylic acids is 2. The van der Waals surface area contributed by atoms with Crippen LogP contribution in [-0.4, -0.2) is 34.5 Å². The number of methoxy groups -OCH3 is 1. The summed E-state index contributed by atoms with van der Waals surface area (Å²) in [7, 11) is 1.23. The SMILES string of the molecule is CCC(C)(NC(=O)Nc1cc(C)ccc1F)c1[nH]nnc1C(=O)OC. The molecule has 0 radical (unpaired) electrons. The van der Waals surface area contributed by atoms with Crippen LogP contribution in [0.5, 0.6) is 0 Å². The topological polar surface area (TPSA) is 109 Å². The van der Waals surface area contributed by atoms with Crippen molar-refractivity contribution < 1.29 is 18.7 Å². The third kappa shape index (κ3) is 3.93. The van der Waals surface area contributed by atoms with Crippen molar-refractivity contribution in [1.82, 2.24) is 20.7 Å². The molecule has 3 N–H and O–H groups in total. The maximum atomic E-state index is 13.8. The number of aromatic amines is 1. The van der Waals surface area contributed by atoms with Crippen molar-refractivity contribution in [3.63, 3.8) is 0 Å². The fraction of sp³-hybridized carbons (Fsp3) is 0.375. The second-order valence-electron chi connectivity index (χ2n) is 5.78. The van der Waals surface area contributed by atoms with Gasteiger partial charge >= 0.3 is 12.0 Å². The lowest BCUT2D eigenvalue weighted by Gasteiger charge is -2.28. The summed E-state index contributed by atoms with van der Waals surface area (Å²) < 4.78 is 18.5. The summed E-state index contributed by atoms with van der Waals surface area (Å²) in [6.07, 6.45) is 0.421. The van der Waals surface area contributed by atoms with Crippen LogP contribution in [0.2, 0.25) is 0 Å². The van der Waals surface area contributed by atoms with Crippen molar-refractivity contribution in [2.75, 3.05) is 12.4 Å². The predicted molar refractivity (Wildman–Crippen MR) is 88.7 cm³/mol. The molecule has 1 heterocycles. The average Bonchev–Trinajstić information content (AvgIpc) is 3.07. The zero-order chi connectivity index (χ0) is 18.6. The van der Waals surface area contributed by atoms with Crippen LogP contribution < -0.4 is 10.6 Å². The molecule has 1 aromatic heterocycles. The molecule has 8 nitrogen and oxygen atoms in total. The molecule has 0 saturated carbocycles. The van der Waals surface area contributed by atoms with Gasteiger partial charge in [0.25, 0.3) is 0 Å². The third-order valence-corrected chi connectivity index (χ3v) is 3.95. The van der Waals surface area contributed by atoms with Gasteiger partial charge in [-0.15, -0.1) is 5.10 Å². The molecule has 0 fully saturated rings. The van der Waals surface area contributed by atoms with Crippen molar-refractivity contribution in [2.45, 2.75) is 32.7 Å². The normalized spacial score (nSPS) is 13.0. The summed E-state index contributed by atoms with van der Waals surface area (Å²) in [6.45, 7) is 5.30. The number of aryl methyl sites for hydroxylation is 1. The van der Waals surface area contributed by atoms with Gasteiger partial charge in [0.2, 0.25) is 0 Å². The number of amides is 2. The lowest BCUT2D eigenvalue weighted by Crippen LogP contribution is -2.46. The van der Waals surface area contributed by atoms with Crippen molar-refractivity contribution in [3.8, 4) is 0 Å². The number of hydrogen-bond donors (Lipinski definition) is 3. The maximum Gasteiger partial charge on any atom is 0.360 e. The number of nitrogens with zero attached hydrogens (tertiary/aromatic N) is 2. The van der Waals surface area contributed by atoms with Crippen molar-refractivity contribution in [2.24, 2.45) is 0 Å². The Kier molecular flexibility index (Phi) is 5.35. The maximum absolute atomic E-state index is 13.8. The van der Waals surface area contributed by atoms with E-state index in [4.69, 9.17) is 0 Å². The van der Waals surface area contributed by atoms with Crippen LogP contribution in [0.3, 0.4) is 0 Å². The Hall–Kier alpha value is -2.97. The summed E-state index contributed by atoms with van der Waals surface area (Å²) in [5, 5.41) is 15.1. The Labute approximate surface area is 144 Å². The molecular formula is C16H20FN5O3. The average molecular weight is 349 g/mol. The predicted octanol–water partition coefficient (Wildman–Crippen LogP) is 2.49. The summed E-state index contributed by atoms with van der Waals surface area (Å²) in [5.74, 6) is -1.22. The van der Waals surface area contributed by atoms with Gasteiger partial charge in [0.1, 0.15) is 5.82 Å². The second kappa shape index (κ2) is 7.29. The molecule has 1 atom stereocenters. The summed E-state index contributed by atoms with van der Waals surface area (Å²) in [5.41, 5.74) is 0.167. The number of H-pyrrole nitrogens is 1. The first-order valence-electron chi connectivity index (χ1n) is 7.66. The molecule has 1 aromatic carbocycles. The highest BCUT2D eigenvalue weighted by atomic mass is 19.1. The summed E-state index contributed by atoms with van der Waals surface area (Å²) in [4.78, 5) is 24.1. The number of benzene rings is 1. The monoisotopic (exact) mass is 349 g/mol. The Bertz CT molecular complexity index is 792. The Morgan fingerprint density at radius 1 is 1.40 bits per heavy atom. The fourth-order valence-corrected chi connectivity index (χ4v) is 2.32. The smallest absolute Gasteiger partial charge is 0.360 e. The molecule has 0 aliphatic carbocycles. The number of esters is 1. The Morgan fingerprint density at radius 3 is 2.76 bits per heavy atom. The van der Waals surface area contributed by atoms with Gasteiger partial charge in [0, 0.05) is 0 Å². The summed E-state index contributed by atoms with van der Waals surface area (Å²) >= 11 is 0. The summed E-state index contributed by atoms with van der Waals surface area (Å²) in [6, 6.07) is 3.78. The van der Waals surface area contributed by atoms with Crippen LogP contribution in [-0.2, 0) is 10.3 Å². The first-order chi connectivity index (χ1) is 11.8. The zero-order valence-corrected chi connectivity index (χ0v) is 14.4. The van der Waals surface area contributed by atoms with E-state index in [1.54, 1.807) is 19.9 Å². The van der Waals surface area contributed by atoms with E-state index >= 15 is 0 Å². The van der Waals surface area contributed by atoms with Crippen LogP contribution in [0, 0.1) is 12.7 Å². The van der Waals surface area contributed by atoms with Gasteiger partial charge in [-0.25, -0.2) is 14.0 Å². The molecule has 0 aliphatic rings. The van der Waals surface area contributed by atoms with E-state index in [1.807, 2.05) is 6.92 Å². The largest absolute Gasteiger partial charge is 0.464 e. The molecule has 0 spiro atoms. The molecule has 1 unspecified atom stereocenters. The number of ether oxygens (including phenoxy) is 1. The highest BCUT2D eigenvalue weighted by Gasteiger charge is 2.34. The number of rotatable bonds is 5. The van der Waals surface area contributed by atoms with Gasteiger partial charge in [0.15, 0.2) is 5.69 Å². The molecule has 2 aromatic rings. The minimum atomic E-state index is -0.989. The minimum Gasteiger partial charge on any atom is -0.464 e. The van der Waals surface area contributed by atoms with E-state index in [2.05, 4.69) is 30.8 Å². The minimum absolute atomic E-state index is 0.0195. The standard InChI is InChI=1S/C16H20FN5O3/c1-5-16(3,13-12(14(23)25-4)20-22-21-13)19-15(24)18-11-8-9(2)6-7-10(11)17/h6-8H,5H2,1-4H3,(H2,18,19,24)(H,20,21,22). The van der Waals surface area contributed by atoms with Crippen LogP contribution in [0.4, 0.5) is 14.9 Å². The van der Waals surface area contributed by atoms with Crippen molar-refractivity contribution in [1.29, 1.82) is 0 Å². The third-order valence-electron chi connectivity index (χ3n) is 3.95. The highest BCUT2D eigenvalue weighted by Crippen LogP contribution is 2.25. The molecule has 2 rings (SSSR count). The van der Waals surface area contributed by atoms with Crippen LogP contribution in [0.15, 0.2) is 18.2 Å². The Balaban J connectivity index is 2.23. The molecule has 2 amide bonds. The highest BCUT2D eigenvalue weighted by molar-refractivity contribution is 5.91. The van der Waals surface area contributed by atoms with Gasteiger partial charge in [-0.1, -0.05) is 18.2 Å². The molecule has 134 valence electrons. The fourth-order valence-electron chi connectivity index (χ4n) is 2.32. The molecule has 0 bridgehead atoms. The van der Waals surface area contributed by atoms with Gasteiger partial charge < -0.3 is 15.4 Å². The number of urea groups is 1. The zero-order valence-electron chi connectivity index (χ0n) is 14.4. The van der Waals surface area contributed by atoms with Crippen molar-refractivity contribution >= 4 is 17.7 Å². The van der Waals surface area contributed by atoms with E-state index in [1.165, 1.54) is 19.2 Å². The van der Waals surface area contributed by atoms with E-state index in [0.717, 1.165) is 5.56 Å². The lowest BCUT2D eigenvalue weighted by atomic mass is 9.93. The van der Waals surface area contributed by atoms with E-state index in [-0.39, 0.29) is 11.4 Å². The lowest BCUT2D eigenvalue weighted by molar-refractivity contribution is 0.0589. The second-order valence-corrected chi connectivity index (χ2v) is 5.78. The van der Waals surface area contributed by atoms with E-state index < -0.39 is 23.4 Å². The van der Waals surface area contributed by atoms with Crippen LogP contribution >= 0.6 is 0 Å². The van der Waals surface area contributed by atoms with Crippen molar-refractivity contribution in [3.05, 3.63) is 41.0 Å². The number of nitrogens with one attached hydrogen (secondary N) is 3. The van der Waals surface area contributed by atoms with Gasteiger partial charge in [-0.05, 0) is 38.0 Å². The number of hydrogen-bond acceptors (Lipinski definition) is 5. The Morgan fingerprint density at radius 2 is 2.12 bits per heavy atom. The molecule has 9 heteroatoms. The molecule has 25 heavy (non-hydrogen) atoms. The molecule has 0 aliphatic heterocycles. The van der Waals surface area contributed by atoms with Gasteiger partial charge in [-0.3, -0.25) is 5.10 Å². The molecular weight excluding hydrogens is 329 g/mol.